The molecule has 0 fully saturated rings. The molecular weight excluding hydrogens is 269 g/mol. The van der Waals surface area contributed by atoms with E-state index >= 15 is 0 Å². The van der Waals surface area contributed by atoms with Gasteiger partial charge in [0.05, 0.1) is 5.41 Å². The Hall–Kier alpha value is 0.160. The molecule has 0 rings (SSSR count). The smallest absolute Gasteiger partial charge is 0.250 e. The van der Waals surface area contributed by atoms with Crippen LogP contribution in [-0.2, 0) is 4.79 Å². The second kappa shape index (κ2) is 5.01. The topological polar surface area (TPSA) is 49.3 Å². The Balaban J connectivity index is 4.26. The maximum atomic E-state index is 11.2. The molecule has 0 aliphatic heterocycles. The summed E-state index contributed by atoms with van der Waals surface area (Å²) in [5.41, 5.74) is 1.21. The Kier molecular flexibility index (Phi) is 5.08. The number of hydrogen-bond donors (Lipinski definition) is 2. The average Bonchev–Trinajstić information content (AvgIpc) is 2.03. The van der Waals surface area contributed by atoms with Gasteiger partial charge in [-0.15, -0.1) is 0 Å². The molecular formula is C8H16INO2. The fraction of sp³-hybridized carbons (Fsp3) is 0.875. The predicted molar refractivity (Wildman–Crippen MR) is 56.4 cm³/mol. The fourth-order valence-corrected chi connectivity index (χ4v) is 1.81. The first-order chi connectivity index (χ1) is 5.46. The summed E-state index contributed by atoms with van der Waals surface area (Å²) in [7, 11) is 0. The number of alkyl halides is 1. The highest BCUT2D eigenvalue weighted by Crippen LogP contribution is 2.30. The van der Waals surface area contributed by atoms with Crippen molar-refractivity contribution >= 4 is 28.5 Å². The minimum Gasteiger partial charge on any atom is -0.289 e. The summed E-state index contributed by atoms with van der Waals surface area (Å²) in [4.78, 5) is 11.2. The molecule has 0 aliphatic rings. The predicted octanol–water partition coefficient (Wildman–Crippen LogP) is 2.12. The molecule has 12 heavy (non-hydrogen) atoms. The molecule has 3 nitrogen and oxygen atoms in total. The molecule has 1 amide bonds. The second-order valence-corrected chi connectivity index (χ2v) is 4.92. The lowest BCUT2D eigenvalue weighted by atomic mass is 9.86. The summed E-state index contributed by atoms with van der Waals surface area (Å²) in [6, 6.07) is 0. The van der Waals surface area contributed by atoms with Gasteiger partial charge in [-0.1, -0.05) is 35.9 Å². The van der Waals surface area contributed by atoms with Crippen LogP contribution in [0.1, 0.15) is 33.6 Å². The van der Waals surface area contributed by atoms with Crippen LogP contribution in [0.4, 0.5) is 0 Å². The van der Waals surface area contributed by atoms with Crippen molar-refractivity contribution in [2.45, 2.75) is 37.5 Å². The summed E-state index contributed by atoms with van der Waals surface area (Å²) in [5.74, 6) is -0.310. The van der Waals surface area contributed by atoms with Crippen molar-refractivity contribution in [3.63, 3.8) is 0 Å². The Bertz CT molecular complexity index is 159. The minimum absolute atomic E-state index is 0.257. The molecule has 4 heteroatoms. The van der Waals surface area contributed by atoms with Crippen LogP contribution in [0.3, 0.4) is 0 Å². The molecule has 0 radical (unpaired) electrons. The lowest BCUT2D eigenvalue weighted by Gasteiger charge is -2.27. The Labute approximate surface area is 87.0 Å². The van der Waals surface area contributed by atoms with Crippen molar-refractivity contribution in [1.82, 2.24) is 5.48 Å². The molecule has 0 saturated carbocycles. The summed E-state index contributed by atoms with van der Waals surface area (Å²) in [6.45, 7) is 5.76. The first-order valence-corrected chi connectivity index (χ1v) is 5.30. The number of carbonyl (C=O) groups excluding carboxylic acids is 1. The largest absolute Gasteiger partial charge is 0.289 e. The van der Waals surface area contributed by atoms with Gasteiger partial charge in [-0.05, 0) is 20.3 Å². The van der Waals surface area contributed by atoms with E-state index in [2.05, 4.69) is 29.5 Å². The van der Waals surface area contributed by atoms with Crippen molar-refractivity contribution < 1.29 is 10.0 Å². The van der Waals surface area contributed by atoms with Gasteiger partial charge < -0.3 is 0 Å². The number of rotatable bonds is 4. The van der Waals surface area contributed by atoms with Gasteiger partial charge in [-0.2, -0.15) is 0 Å². The maximum Gasteiger partial charge on any atom is 0.250 e. The second-order valence-electron chi connectivity index (χ2n) is 3.42. The summed E-state index contributed by atoms with van der Waals surface area (Å²) >= 11 is 2.25. The van der Waals surface area contributed by atoms with Gasteiger partial charge in [0.15, 0.2) is 0 Å². The molecule has 2 N–H and O–H groups in total. The molecule has 0 saturated heterocycles. The molecule has 0 aromatic heterocycles. The van der Waals surface area contributed by atoms with E-state index in [9.17, 15) is 4.79 Å². The number of carbonyl (C=O) groups is 1. The quantitative estimate of drug-likeness (QED) is 0.360. The van der Waals surface area contributed by atoms with Gasteiger partial charge in [0.1, 0.15) is 0 Å². The summed E-state index contributed by atoms with van der Waals surface area (Å²) in [5, 5.41) is 8.48. The molecule has 0 bridgehead atoms. The molecule has 0 aromatic carbocycles. The third-order valence-corrected chi connectivity index (χ3v) is 4.19. The highest BCUT2D eigenvalue weighted by molar-refractivity contribution is 14.1. The third kappa shape index (κ3) is 2.90. The van der Waals surface area contributed by atoms with Crippen molar-refractivity contribution in [3.8, 4) is 0 Å². The van der Waals surface area contributed by atoms with Crippen LogP contribution in [0.25, 0.3) is 0 Å². The van der Waals surface area contributed by atoms with E-state index in [0.717, 1.165) is 12.8 Å². The third-order valence-electron chi connectivity index (χ3n) is 2.01. The van der Waals surface area contributed by atoms with Crippen LogP contribution in [0.15, 0.2) is 0 Å². The lowest BCUT2D eigenvalue weighted by molar-refractivity contribution is -0.137. The molecule has 0 aliphatic carbocycles. The zero-order valence-electron chi connectivity index (χ0n) is 7.72. The highest BCUT2D eigenvalue weighted by atomic mass is 127. The van der Waals surface area contributed by atoms with Crippen molar-refractivity contribution in [1.29, 1.82) is 0 Å². The van der Waals surface area contributed by atoms with E-state index in [1.165, 1.54) is 0 Å². The van der Waals surface area contributed by atoms with E-state index in [4.69, 9.17) is 5.21 Å². The number of halogens is 1. The monoisotopic (exact) mass is 285 g/mol. The summed E-state index contributed by atoms with van der Waals surface area (Å²) < 4.78 is 0.257. The Morgan fingerprint density at radius 2 is 2.17 bits per heavy atom. The normalized spacial score (nSPS) is 14.1. The van der Waals surface area contributed by atoms with Crippen LogP contribution < -0.4 is 5.48 Å². The number of hydroxylamine groups is 1. The van der Waals surface area contributed by atoms with Crippen LogP contribution in [0, 0.1) is 5.41 Å². The van der Waals surface area contributed by atoms with E-state index in [0.29, 0.717) is 0 Å². The lowest BCUT2D eigenvalue weighted by Crippen LogP contribution is -2.41. The Morgan fingerprint density at radius 1 is 1.67 bits per heavy atom. The number of amides is 1. The first-order valence-electron chi connectivity index (χ1n) is 4.05. The number of hydrogen-bond acceptors (Lipinski definition) is 2. The van der Waals surface area contributed by atoms with Crippen LogP contribution in [0.2, 0.25) is 0 Å². The average molecular weight is 285 g/mol. The Morgan fingerprint density at radius 3 is 2.50 bits per heavy atom. The molecule has 0 aromatic rings. The van der Waals surface area contributed by atoms with Gasteiger partial charge in [0, 0.05) is 3.92 Å². The van der Waals surface area contributed by atoms with Crippen molar-refractivity contribution in [2.24, 2.45) is 5.41 Å². The van der Waals surface area contributed by atoms with Gasteiger partial charge >= 0.3 is 0 Å². The maximum absolute atomic E-state index is 11.2. The van der Waals surface area contributed by atoms with E-state index in [1.54, 1.807) is 5.48 Å². The highest BCUT2D eigenvalue weighted by Gasteiger charge is 2.34. The van der Waals surface area contributed by atoms with Crippen LogP contribution in [0.5, 0.6) is 0 Å². The first kappa shape index (κ1) is 12.2. The minimum atomic E-state index is -0.495. The van der Waals surface area contributed by atoms with E-state index in [1.807, 2.05) is 13.8 Å². The molecule has 1 atom stereocenters. The molecule has 1 unspecified atom stereocenters. The van der Waals surface area contributed by atoms with Crippen molar-refractivity contribution in [2.75, 3.05) is 0 Å². The van der Waals surface area contributed by atoms with Gasteiger partial charge in [-0.25, -0.2) is 5.48 Å². The van der Waals surface area contributed by atoms with E-state index < -0.39 is 5.41 Å². The van der Waals surface area contributed by atoms with E-state index in [-0.39, 0.29) is 9.83 Å². The van der Waals surface area contributed by atoms with Gasteiger partial charge in [0.2, 0.25) is 5.91 Å². The molecule has 72 valence electrons. The summed E-state index contributed by atoms with van der Waals surface area (Å²) in [6.07, 6.45) is 2.04. The number of nitrogens with one attached hydrogen (secondary N) is 1. The molecule has 0 heterocycles. The molecule has 0 spiro atoms. The van der Waals surface area contributed by atoms with Crippen LogP contribution in [-0.4, -0.2) is 15.0 Å². The standard InChI is InChI=1S/C8H16INO2/c1-4-5-6(9)8(2,3)7(11)10-12/h6,12H,4-5H2,1-3H3,(H,10,11). The SMILES string of the molecule is CCCC(I)C(C)(C)C(=O)NO. The van der Waals surface area contributed by atoms with Gasteiger partial charge in [-0.3, -0.25) is 10.0 Å². The fourth-order valence-electron chi connectivity index (χ4n) is 0.901. The van der Waals surface area contributed by atoms with Crippen molar-refractivity contribution in [3.05, 3.63) is 0 Å². The van der Waals surface area contributed by atoms with Crippen LogP contribution >= 0.6 is 22.6 Å². The zero-order valence-corrected chi connectivity index (χ0v) is 9.88. The van der Waals surface area contributed by atoms with Gasteiger partial charge in [0.25, 0.3) is 0 Å². The zero-order chi connectivity index (χ0) is 9.78.